The Balaban J connectivity index is 4.30. The van der Waals surface area contributed by atoms with E-state index in [0.717, 1.165) is 12.8 Å². The van der Waals surface area contributed by atoms with E-state index in [-0.39, 0.29) is 17.9 Å². The number of rotatable bonds is 7. The summed E-state index contributed by atoms with van der Waals surface area (Å²) < 4.78 is 5.05. The fraction of sp³-hybridized carbons (Fsp3) is 0.857. The molecular formula is C14H25N3O2. The first-order chi connectivity index (χ1) is 8.72. The van der Waals surface area contributed by atoms with Crippen LogP contribution >= 0.6 is 0 Å². The lowest BCUT2D eigenvalue weighted by molar-refractivity contribution is -0.144. The number of unbranched alkanes of at least 4 members (excludes halogenated alkanes) is 1. The number of hydrogen-bond acceptors (Lipinski definition) is 5. The van der Waals surface area contributed by atoms with Crippen LogP contribution in [0.15, 0.2) is 10.2 Å². The number of ether oxygens (including phenoxy) is 1. The van der Waals surface area contributed by atoms with E-state index in [2.05, 4.69) is 16.3 Å². The molecule has 0 fully saturated rings. The average Bonchev–Trinajstić information content (AvgIpc) is 2.33. The van der Waals surface area contributed by atoms with Crippen molar-refractivity contribution in [3.05, 3.63) is 0 Å². The standard InChI is InChI=1S/C14H25N3O2/c1-6-7-10-19-12(18)8-9-14(5,11-15)17-16-13(2,3)4/h6-10H2,1-5H3. The van der Waals surface area contributed by atoms with Gasteiger partial charge >= 0.3 is 5.97 Å². The molecule has 0 saturated carbocycles. The third-order valence-corrected chi connectivity index (χ3v) is 2.39. The summed E-state index contributed by atoms with van der Waals surface area (Å²) in [7, 11) is 0. The molecule has 0 saturated heterocycles. The number of hydrogen-bond donors (Lipinski definition) is 0. The van der Waals surface area contributed by atoms with E-state index in [1.807, 2.05) is 27.7 Å². The largest absolute Gasteiger partial charge is 0.466 e. The van der Waals surface area contributed by atoms with Gasteiger partial charge in [-0.25, -0.2) is 0 Å². The van der Waals surface area contributed by atoms with Crippen molar-refractivity contribution in [1.29, 1.82) is 5.26 Å². The Hall–Kier alpha value is -1.44. The number of nitriles is 1. The first kappa shape index (κ1) is 17.6. The molecule has 108 valence electrons. The Kier molecular flexibility index (Phi) is 7.28. The van der Waals surface area contributed by atoms with E-state index < -0.39 is 5.54 Å². The van der Waals surface area contributed by atoms with Crippen LogP contribution in [-0.2, 0) is 9.53 Å². The molecule has 0 rings (SSSR count). The molecule has 0 aromatic rings. The van der Waals surface area contributed by atoms with Crippen molar-refractivity contribution in [2.45, 2.75) is 71.4 Å². The Morgan fingerprint density at radius 3 is 2.37 bits per heavy atom. The number of esters is 1. The van der Waals surface area contributed by atoms with E-state index in [1.165, 1.54) is 0 Å². The average molecular weight is 267 g/mol. The summed E-state index contributed by atoms with van der Waals surface area (Å²) in [4.78, 5) is 11.5. The van der Waals surface area contributed by atoms with Gasteiger partial charge in [0.25, 0.3) is 0 Å². The molecule has 0 heterocycles. The summed E-state index contributed by atoms with van der Waals surface area (Å²) >= 11 is 0. The minimum Gasteiger partial charge on any atom is -0.466 e. The van der Waals surface area contributed by atoms with Crippen LogP contribution in [0.25, 0.3) is 0 Å². The molecule has 0 bridgehead atoms. The molecule has 0 aliphatic rings. The van der Waals surface area contributed by atoms with Gasteiger partial charge < -0.3 is 4.74 Å². The third-order valence-electron chi connectivity index (χ3n) is 2.39. The smallest absolute Gasteiger partial charge is 0.305 e. The first-order valence-corrected chi connectivity index (χ1v) is 6.73. The minimum atomic E-state index is -0.961. The summed E-state index contributed by atoms with van der Waals surface area (Å²) in [5, 5.41) is 17.3. The molecule has 0 aromatic carbocycles. The maximum atomic E-state index is 11.5. The summed E-state index contributed by atoms with van der Waals surface area (Å²) in [5.74, 6) is -0.277. The van der Waals surface area contributed by atoms with Gasteiger partial charge in [0.2, 0.25) is 0 Å². The van der Waals surface area contributed by atoms with Crippen molar-refractivity contribution in [3.63, 3.8) is 0 Å². The number of carbonyl (C=O) groups excluding carboxylic acids is 1. The number of azo groups is 1. The molecule has 0 aliphatic heterocycles. The van der Waals surface area contributed by atoms with Crippen LogP contribution in [0.2, 0.25) is 0 Å². The molecule has 1 unspecified atom stereocenters. The van der Waals surface area contributed by atoms with Crippen LogP contribution in [0, 0.1) is 11.3 Å². The predicted octanol–water partition coefficient (Wildman–Crippen LogP) is 3.64. The SMILES string of the molecule is CCCCOC(=O)CCC(C)(C#N)N=NC(C)(C)C. The van der Waals surface area contributed by atoms with Crippen LogP contribution in [-0.4, -0.2) is 23.7 Å². The zero-order valence-electron chi connectivity index (χ0n) is 12.7. The van der Waals surface area contributed by atoms with E-state index in [1.54, 1.807) is 6.92 Å². The Bertz CT molecular complexity index is 353. The maximum absolute atomic E-state index is 11.5. The van der Waals surface area contributed by atoms with Gasteiger partial charge in [-0.2, -0.15) is 15.5 Å². The molecule has 0 N–H and O–H groups in total. The zero-order valence-corrected chi connectivity index (χ0v) is 12.7. The van der Waals surface area contributed by atoms with Gasteiger partial charge in [0.1, 0.15) is 0 Å². The van der Waals surface area contributed by atoms with Gasteiger partial charge in [0.15, 0.2) is 5.54 Å². The summed E-state index contributed by atoms with van der Waals surface area (Å²) in [6.07, 6.45) is 2.37. The summed E-state index contributed by atoms with van der Waals surface area (Å²) in [5.41, 5.74) is -1.28. The fourth-order valence-corrected chi connectivity index (χ4v) is 1.14. The molecule has 0 aromatic heterocycles. The fourth-order valence-electron chi connectivity index (χ4n) is 1.14. The van der Waals surface area contributed by atoms with E-state index in [0.29, 0.717) is 13.0 Å². The van der Waals surface area contributed by atoms with Crippen molar-refractivity contribution < 1.29 is 9.53 Å². The molecule has 0 amide bonds. The lowest BCUT2D eigenvalue weighted by atomic mass is 9.99. The molecule has 5 heteroatoms. The number of carbonyl (C=O) groups is 1. The van der Waals surface area contributed by atoms with Crippen molar-refractivity contribution in [2.75, 3.05) is 6.61 Å². The van der Waals surface area contributed by atoms with Crippen LogP contribution < -0.4 is 0 Å². The lowest BCUT2D eigenvalue weighted by Crippen LogP contribution is -2.22. The van der Waals surface area contributed by atoms with E-state index in [9.17, 15) is 4.79 Å². The van der Waals surface area contributed by atoms with Gasteiger partial charge in [-0.3, -0.25) is 4.79 Å². The van der Waals surface area contributed by atoms with Gasteiger partial charge in [0, 0.05) is 6.42 Å². The van der Waals surface area contributed by atoms with Crippen molar-refractivity contribution >= 4 is 5.97 Å². The molecule has 5 nitrogen and oxygen atoms in total. The van der Waals surface area contributed by atoms with E-state index >= 15 is 0 Å². The second kappa shape index (κ2) is 7.88. The minimum absolute atomic E-state index is 0.191. The Morgan fingerprint density at radius 2 is 1.89 bits per heavy atom. The summed E-state index contributed by atoms with van der Waals surface area (Å²) in [6.45, 7) is 9.89. The number of nitrogens with zero attached hydrogens (tertiary/aromatic N) is 3. The highest BCUT2D eigenvalue weighted by Gasteiger charge is 2.25. The van der Waals surface area contributed by atoms with Gasteiger partial charge in [-0.1, -0.05) is 13.3 Å². The highest BCUT2D eigenvalue weighted by atomic mass is 16.5. The topological polar surface area (TPSA) is 74.8 Å². The van der Waals surface area contributed by atoms with Gasteiger partial charge in [0.05, 0.1) is 18.2 Å². The molecular weight excluding hydrogens is 242 g/mol. The molecule has 0 aliphatic carbocycles. The molecule has 19 heavy (non-hydrogen) atoms. The van der Waals surface area contributed by atoms with E-state index in [4.69, 9.17) is 10.00 Å². The highest BCUT2D eigenvalue weighted by Crippen LogP contribution is 2.20. The van der Waals surface area contributed by atoms with Crippen molar-refractivity contribution in [3.8, 4) is 6.07 Å². The predicted molar refractivity (Wildman–Crippen MR) is 73.7 cm³/mol. The Morgan fingerprint density at radius 1 is 1.26 bits per heavy atom. The molecule has 0 radical (unpaired) electrons. The van der Waals surface area contributed by atoms with Crippen LogP contribution in [0.3, 0.4) is 0 Å². The maximum Gasteiger partial charge on any atom is 0.305 e. The van der Waals surface area contributed by atoms with Crippen LogP contribution in [0.4, 0.5) is 0 Å². The van der Waals surface area contributed by atoms with Crippen LogP contribution in [0.1, 0.15) is 60.3 Å². The summed E-state index contributed by atoms with van der Waals surface area (Å²) in [6, 6.07) is 2.11. The third kappa shape index (κ3) is 9.18. The van der Waals surface area contributed by atoms with Crippen molar-refractivity contribution in [1.82, 2.24) is 0 Å². The van der Waals surface area contributed by atoms with Gasteiger partial charge in [-0.05, 0) is 40.5 Å². The monoisotopic (exact) mass is 267 g/mol. The zero-order chi connectivity index (χ0) is 14.9. The van der Waals surface area contributed by atoms with Crippen molar-refractivity contribution in [2.24, 2.45) is 10.2 Å². The highest BCUT2D eigenvalue weighted by molar-refractivity contribution is 5.69. The van der Waals surface area contributed by atoms with Gasteiger partial charge in [-0.15, -0.1) is 0 Å². The Labute approximate surface area is 116 Å². The normalized spacial score (nSPS) is 14.9. The second-order valence-electron chi connectivity index (χ2n) is 5.83. The second-order valence-corrected chi connectivity index (χ2v) is 5.83. The quantitative estimate of drug-likeness (QED) is 0.401. The first-order valence-electron chi connectivity index (χ1n) is 6.73. The molecule has 0 spiro atoms. The molecule has 1 atom stereocenters. The lowest BCUT2D eigenvalue weighted by Gasteiger charge is -2.17. The van der Waals surface area contributed by atoms with Crippen LogP contribution in [0.5, 0.6) is 0 Å².